The van der Waals surface area contributed by atoms with Crippen LogP contribution in [-0.4, -0.2) is 42.6 Å². The van der Waals surface area contributed by atoms with Crippen LogP contribution in [0.25, 0.3) is 10.9 Å². The van der Waals surface area contributed by atoms with Crippen LogP contribution < -0.4 is 15.1 Å². The van der Waals surface area contributed by atoms with Crippen LogP contribution in [0.5, 0.6) is 0 Å². The van der Waals surface area contributed by atoms with E-state index < -0.39 is 23.5 Å². The van der Waals surface area contributed by atoms with E-state index in [4.69, 9.17) is 0 Å². The first kappa shape index (κ1) is 22.9. The maximum Gasteiger partial charge on any atom is 0.446 e. The summed E-state index contributed by atoms with van der Waals surface area (Å²) in [5.74, 6) is -0.827. The molecule has 172 valence electrons. The molecule has 3 amide bonds. The number of alkyl halides is 3. The maximum absolute atomic E-state index is 13.2. The fourth-order valence-electron chi connectivity index (χ4n) is 4.00. The first-order valence-corrected chi connectivity index (χ1v) is 10.9. The molecule has 1 fully saturated rings. The Bertz CT molecular complexity index is 1210. The number of nitrogens with one attached hydrogen (secondary N) is 1. The summed E-state index contributed by atoms with van der Waals surface area (Å²) in [4.78, 5) is 33.2. The first-order valence-electron chi connectivity index (χ1n) is 10.1. The molecule has 1 N–H and O–H groups in total. The van der Waals surface area contributed by atoms with E-state index in [1.54, 1.807) is 6.20 Å². The van der Waals surface area contributed by atoms with Crippen molar-refractivity contribution in [1.29, 1.82) is 0 Å². The minimum atomic E-state index is -4.41. The number of rotatable bonds is 5. The van der Waals surface area contributed by atoms with E-state index in [0.717, 1.165) is 27.1 Å². The predicted molar refractivity (Wildman–Crippen MR) is 123 cm³/mol. The minimum Gasteiger partial charge on any atom is -0.376 e. The number of anilines is 2. The molecule has 0 bridgehead atoms. The van der Waals surface area contributed by atoms with Crippen LogP contribution >= 0.6 is 11.8 Å². The Balaban J connectivity index is 1.62. The van der Waals surface area contributed by atoms with Crippen molar-refractivity contribution in [1.82, 2.24) is 10.3 Å². The molecule has 10 heteroatoms. The van der Waals surface area contributed by atoms with Crippen molar-refractivity contribution in [3.63, 3.8) is 0 Å². The third-order valence-corrected chi connectivity index (χ3v) is 6.29. The van der Waals surface area contributed by atoms with Crippen molar-refractivity contribution in [3.05, 3.63) is 60.3 Å². The lowest BCUT2D eigenvalue weighted by Crippen LogP contribution is -2.35. The lowest BCUT2D eigenvalue weighted by Gasteiger charge is -2.21. The Morgan fingerprint density at radius 3 is 2.42 bits per heavy atom. The van der Waals surface area contributed by atoms with Gasteiger partial charge in [0.2, 0.25) is 0 Å². The van der Waals surface area contributed by atoms with Gasteiger partial charge in [0, 0.05) is 36.5 Å². The van der Waals surface area contributed by atoms with Crippen LogP contribution in [-0.2, 0) is 4.79 Å². The highest BCUT2D eigenvalue weighted by Gasteiger charge is 2.42. The lowest BCUT2D eigenvalue weighted by atomic mass is 9.90. The number of urea groups is 1. The van der Waals surface area contributed by atoms with Crippen molar-refractivity contribution in [2.24, 2.45) is 0 Å². The van der Waals surface area contributed by atoms with Gasteiger partial charge in [0.15, 0.2) is 0 Å². The van der Waals surface area contributed by atoms with Gasteiger partial charge in [0.25, 0.3) is 5.91 Å². The van der Waals surface area contributed by atoms with Gasteiger partial charge in [-0.05, 0) is 53.7 Å². The van der Waals surface area contributed by atoms with E-state index in [0.29, 0.717) is 0 Å². The molecule has 2 aromatic carbocycles. The van der Waals surface area contributed by atoms with Crippen LogP contribution in [0.3, 0.4) is 0 Å². The summed E-state index contributed by atoms with van der Waals surface area (Å²) >= 11 is -0.253. The summed E-state index contributed by atoms with van der Waals surface area (Å²) < 4.78 is 37.7. The van der Waals surface area contributed by atoms with Crippen LogP contribution in [0, 0.1) is 0 Å². The van der Waals surface area contributed by atoms with Crippen LogP contribution in [0.15, 0.2) is 59.6 Å². The van der Waals surface area contributed by atoms with Gasteiger partial charge in [0.1, 0.15) is 6.04 Å². The number of fused-ring (bicyclic) bond motifs is 1. The Morgan fingerprint density at radius 1 is 1.09 bits per heavy atom. The number of thioether (sulfide) groups is 1. The molecule has 1 aliphatic heterocycles. The van der Waals surface area contributed by atoms with Gasteiger partial charge >= 0.3 is 11.5 Å². The SMILES string of the molecule is CC(c1ccnc2c(N(C)C)cccc12)C1NC(=O)N(c2ccc(SC(F)(F)F)cc2)C1=O. The quantitative estimate of drug-likeness (QED) is 0.410. The highest BCUT2D eigenvalue weighted by atomic mass is 32.2. The van der Waals surface area contributed by atoms with Gasteiger partial charge in [-0.1, -0.05) is 19.1 Å². The number of aromatic nitrogens is 1. The number of carbonyl (C=O) groups excluding carboxylic acids is 2. The summed E-state index contributed by atoms with van der Waals surface area (Å²) in [6.45, 7) is 1.85. The molecular weight excluding hydrogens is 453 g/mol. The number of hydrogen-bond donors (Lipinski definition) is 1. The number of para-hydroxylation sites is 1. The summed E-state index contributed by atoms with van der Waals surface area (Å²) in [5, 5.41) is 3.61. The van der Waals surface area contributed by atoms with Crippen molar-refractivity contribution in [2.75, 3.05) is 23.9 Å². The molecule has 33 heavy (non-hydrogen) atoms. The third-order valence-electron chi connectivity index (χ3n) is 5.55. The van der Waals surface area contributed by atoms with Crippen LogP contribution in [0.1, 0.15) is 18.4 Å². The molecular formula is C23H21F3N4O2S. The standard InChI is InChI=1S/C23H21F3N4O2S/c1-13(16-11-12-27-20-17(16)5-4-6-18(20)29(2)3)19-21(31)30(22(32)28-19)14-7-9-15(10-8-14)33-23(24,25)26/h4-13,19H,1-3H3,(H,28,32). The molecule has 1 aliphatic rings. The topological polar surface area (TPSA) is 65.5 Å². The molecule has 2 unspecified atom stereocenters. The average Bonchev–Trinajstić information content (AvgIpc) is 3.05. The summed E-state index contributed by atoms with van der Waals surface area (Å²) in [6.07, 6.45) is 1.68. The third kappa shape index (κ3) is 4.47. The van der Waals surface area contributed by atoms with Crippen LogP contribution in [0.2, 0.25) is 0 Å². The second-order valence-corrected chi connectivity index (χ2v) is 9.04. The van der Waals surface area contributed by atoms with Crippen LogP contribution in [0.4, 0.5) is 29.3 Å². The Labute approximate surface area is 192 Å². The molecule has 1 saturated heterocycles. The zero-order valence-electron chi connectivity index (χ0n) is 18.1. The van der Waals surface area contributed by atoms with Crippen molar-refractivity contribution >= 4 is 46.0 Å². The second-order valence-electron chi connectivity index (χ2n) is 7.90. The number of amides is 3. The summed E-state index contributed by atoms with van der Waals surface area (Å²) in [7, 11) is 3.84. The van der Waals surface area contributed by atoms with Crippen molar-refractivity contribution < 1.29 is 22.8 Å². The lowest BCUT2D eigenvalue weighted by molar-refractivity contribution is -0.118. The number of hydrogen-bond acceptors (Lipinski definition) is 5. The predicted octanol–water partition coefficient (Wildman–Crippen LogP) is 5.14. The number of pyridine rings is 1. The molecule has 0 aliphatic carbocycles. The molecule has 1 aromatic heterocycles. The smallest absolute Gasteiger partial charge is 0.376 e. The van der Waals surface area contributed by atoms with Gasteiger partial charge < -0.3 is 10.2 Å². The van der Waals surface area contributed by atoms with E-state index in [1.165, 1.54) is 24.3 Å². The van der Waals surface area contributed by atoms with Gasteiger partial charge in [-0.3, -0.25) is 9.78 Å². The molecule has 3 aromatic rings. The summed E-state index contributed by atoms with van der Waals surface area (Å²) in [6, 6.07) is 11.3. The maximum atomic E-state index is 13.2. The van der Waals surface area contributed by atoms with Gasteiger partial charge in [0.05, 0.1) is 16.9 Å². The van der Waals surface area contributed by atoms with E-state index in [2.05, 4.69) is 10.3 Å². The van der Waals surface area contributed by atoms with E-state index in [-0.39, 0.29) is 28.3 Å². The molecule has 2 atom stereocenters. The normalized spacial score (nSPS) is 17.4. The van der Waals surface area contributed by atoms with E-state index in [9.17, 15) is 22.8 Å². The van der Waals surface area contributed by atoms with Crippen molar-refractivity contribution in [3.8, 4) is 0 Å². The highest BCUT2D eigenvalue weighted by molar-refractivity contribution is 8.00. The number of halogens is 3. The zero-order valence-corrected chi connectivity index (χ0v) is 18.9. The molecule has 6 nitrogen and oxygen atoms in total. The summed E-state index contributed by atoms with van der Waals surface area (Å²) in [5.41, 5.74) is -1.61. The molecule has 0 saturated carbocycles. The fraction of sp³-hybridized carbons (Fsp3) is 0.261. The average molecular weight is 475 g/mol. The van der Waals surface area contributed by atoms with Gasteiger partial charge in [-0.25, -0.2) is 9.69 Å². The fourth-order valence-corrected chi connectivity index (χ4v) is 4.54. The minimum absolute atomic E-state index is 0.0248. The Kier molecular flexibility index (Phi) is 5.96. The van der Waals surface area contributed by atoms with Gasteiger partial charge in [-0.15, -0.1) is 0 Å². The largest absolute Gasteiger partial charge is 0.446 e. The molecule has 2 heterocycles. The molecule has 0 spiro atoms. The Hall–Kier alpha value is -3.27. The van der Waals surface area contributed by atoms with Crippen molar-refractivity contribution in [2.45, 2.75) is 29.3 Å². The number of benzene rings is 2. The number of carbonyl (C=O) groups is 2. The highest BCUT2D eigenvalue weighted by Crippen LogP contribution is 2.38. The second kappa shape index (κ2) is 8.58. The Morgan fingerprint density at radius 2 is 1.79 bits per heavy atom. The van der Waals surface area contributed by atoms with E-state index in [1.807, 2.05) is 50.2 Å². The number of imide groups is 1. The monoisotopic (exact) mass is 474 g/mol. The molecule has 4 rings (SSSR count). The van der Waals surface area contributed by atoms with Gasteiger partial charge in [-0.2, -0.15) is 13.2 Å². The number of nitrogens with zero attached hydrogens (tertiary/aromatic N) is 3. The van der Waals surface area contributed by atoms with E-state index >= 15 is 0 Å². The first-order chi connectivity index (χ1) is 15.6. The zero-order chi connectivity index (χ0) is 23.9. The molecule has 0 radical (unpaired) electrons.